The summed E-state index contributed by atoms with van der Waals surface area (Å²) in [7, 11) is 0. The second-order valence-electron chi connectivity index (χ2n) is 4.79. The molecule has 16 heavy (non-hydrogen) atoms. The molecule has 2 N–H and O–H groups in total. The molecular weight excluding hydrogens is 218 g/mol. The van der Waals surface area contributed by atoms with Gasteiger partial charge in [-0.05, 0) is 25.7 Å². The molecule has 1 aromatic rings. The predicted octanol–water partition coefficient (Wildman–Crippen LogP) is 2.97. The first-order chi connectivity index (χ1) is 7.81. The van der Waals surface area contributed by atoms with Gasteiger partial charge in [0.05, 0.1) is 0 Å². The van der Waals surface area contributed by atoms with Crippen LogP contribution >= 0.6 is 11.8 Å². The van der Waals surface area contributed by atoms with Crippen molar-refractivity contribution in [2.45, 2.75) is 54.7 Å². The first-order valence-electron chi connectivity index (χ1n) is 6.12. The molecule has 0 unspecified atom stereocenters. The lowest BCUT2D eigenvalue weighted by atomic mass is 10.4. The van der Waals surface area contributed by atoms with Gasteiger partial charge in [0.25, 0.3) is 0 Å². The fourth-order valence-corrected chi connectivity index (χ4v) is 3.47. The van der Waals surface area contributed by atoms with Crippen molar-refractivity contribution in [1.82, 2.24) is 9.97 Å². The zero-order valence-electron chi connectivity index (χ0n) is 9.35. The third-order valence-corrected chi connectivity index (χ3v) is 4.53. The average molecular weight is 235 g/mol. The molecule has 0 spiro atoms. The molecule has 0 radical (unpaired) electrons. The van der Waals surface area contributed by atoms with Crippen LogP contribution in [0.25, 0.3) is 0 Å². The van der Waals surface area contributed by atoms with E-state index in [-0.39, 0.29) is 0 Å². The Morgan fingerprint density at radius 1 is 1.12 bits per heavy atom. The van der Waals surface area contributed by atoms with E-state index >= 15 is 0 Å². The normalized spacial score (nSPS) is 21.5. The van der Waals surface area contributed by atoms with Crippen molar-refractivity contribution in [2.24, 2.45) is 0 Å². The van der Waals surface area contributed by atoms with E-state index in [4.69, 9.17) is 5.73 Å². The zero-order valence-corrected chi connectivity index (χ0v) is 10.2. The molecule has 4 heteroatoms. The topological polar surface area (TPSA) is 51.8 Å². The Morgan fingerprint density at radius 2 is 1.88 bits per heavy atom. The molecule has 1 aromatic heterocycles. The Bertz CT molecular complexity index is 384. The molecule has 2 aliphatic rings. The minimum Gasteiger partial charge on any atom is -0.384 e. The highest BCUT2D eigenvalue weighted by Gasteiger charge is 2.27. The second-order valence-corrected chi connectivity index (χ2v) is 6.11. The van der Waals surface area contributed by atoms with Gasteiger partial charge in [-0.3, -0.25) is 0 Å². The summed E-state index contributed by atoms with van der Waals surface area (Å²) in [6.45, 7) is 0. The third-order valence-electron chi connectivity index (χ3n) is 3.27. The highest BCUT2D eigenvalue weighted by molar-refractivity contribution is 7.99. The lowest BCUT2D eigenvalue weighted by Gasteiger charge is -2.09. The zero-order chi connectivity index (χ0) is 11.0. The summed E-state index contributed by atoms with van der Waals surface area (Å²) < 4.78 is 0. The van der Waals surface area contributed by atoms with Gasteiger partial charge in [0.1, 0.15) is 16.7 Å². The van der Waals surface area contributed by atoms with Gasteiger partial charge in [-0.1, -0.05) is 12.8 Å². The van der Waals surface area contributed by atoms with Crippen molar-refractivity contribution < 1.29 is 0 Å². The van der Waals surface area contributed by atoms with Gasteiger partial charge in [-0.25, -0.2) is 9.97 Å². The first kappa shape index (κ1) is 10.4. The van der Waals surface area contributed by atoms with Crippen LogP contribution in [-0.4, -0.2) is 15.2 Å². The summed E-state index contributed by atoms with van der Waals surface area (Å²) in [4.78, 5) is 8.95. The SMILES string of the molecule is Nc1cc(SC2CCCC2)nc(C2CC2)n1. The molecule has 1 heterocycles. The van der Waals surface area contributed by atoms with Crippen molar-refractivity contribution in [1.29, 1.82) is 0 Å². The van der Waals surface area contributed by atoms with E-state index in [9.17, 15) is 0 Å². The van der Waals surface area contributed by atoms with Crippen LogP contribution in [0.5, 0.6) is 0 Å². The number of anilines is 1. The maximum atomic E-state index is 5.83. The van der Waals surface area contributed by atoms with Crippen LogP contribution in [0, 0.1) is 0 Å². The molecule has 2 saturated carbocycles. The molecule has 0 amide bonds. The second kappa shape index (κ2) is 4.24. The van der Waals surface area contributed by atoms with Crippen LogP contribution in [-0.2, 0) is 0 Å². The summed E-state index contributed by atoms with van der Waals surface area (Å²) in [6.07, 6.45) is 7.86. The fraction of sp³-hybridized carbons (Fsp3) is 0.667. The van der Waals surface area contributed by atoms with Gasteiger partial charge in [0.2, 0.25) is 0 Å². The van der Waals surface area contributed by atoms with E-state index in [1.807, 2.05) is 17.8 Å². The number of hydrogen-bond acceptors (Lipinski definition) is 4. The molecule has 3 rings (SSSR count). The Morgan fingerprint density at radius 3 is 2.56 bits per heavy atom. The number of nitrogens with two attached hydrogens (primary N) is 1. The summed E-state index contributed by atoms with van der Waals surface area (Å²) >= 11 is 1.89. The lowest BCUT2D eigenvalue weighted by molar-refractivity contribution is 0.866. The van der Waals surface area contributed by atoms with E-state index in [1.54, 1.807) is 0 Å². The van der Waals surface area contributed by atoms with Crippen LogP contribution in [0.4, 0.5) is 5.82 Å². The maximum absolute atomic E-state index is 5.83. The van der Waals surface area contributed by atoms with Gasteiger partial charge in [-0.15, -0.1) is 11.8 Å². The minimum atomic E-state index is 0.589. The molecule has 2 aliphatic carbocycles. The van der Waals surface area contributed by atoms with Crippen LogP contribution < -0.4 is 5.73 Å². The first-order valence-corrected chi connectivity index (χ1v) is 7.00. The van der Waals surface area contributed by atoms with Crippen molar-refractivity contribution in [3.63, 3.8) is 0 Å². The van der Waals surface area contributed by atoms with Gasteiger partial charge in [-0.2, -0.15) is 0 Å². The van der Waals surface area contributed by atoms with E-state index < -0.39 is 0 Å². The molecule has 0 saturated heterocycles. The monoisotopic (exact) mass is 235 g/mol. The minimum absolute atomic E-state index is 0.589. The molecule has 2 fully saturated rings. The van der Waals surface area contributed by atoms with Crippen LogP contribution in [0.2, 0.25) is 0 Å². The summed E-state index contributed by atoms with van der Waals surface area (Å²) in [6, 6.07) is 1.93. The van der Waals surface area contributed by atoms with Gasteiger partial charge in [0, 0.05) is 17.2 Å². The molecule has 0 aromatic carbocycles. The van der Waals surface area contributed by atoms with Crippen molar-refractivity contribution in [3.05, 3.63) is 11.9 Å². The number of hydrogen-bond donors (Lipinski definition) is 1. The van der Waals surface area contributed by atoms with E-state index in [0.717, 1.165) is 16.1 Å². The smallest absolute Gasteiger partial charge is 0.135 e. The number of thioether (sulfide) groups is 1. The molecular formula is C12H17N3S. The number of nitrogens with zero attached hydrogens (tertiary/aromatic N) is 2. The van der Waals surface area contributed by atoms with Crippen LogP contribution in [0.1, 0.15) is 50.3 Å². The molecule has 0 aliphatic heterocycles. The number of nitrogen functional groups attached to an aromatic ring is 1. The fourth-order valence-electron chi connectivity index (χ4n) is 2.22. The summed E-state index contributed by atoms with van der Waals surface area (Å²) in [5, 5.41) is 1.84. The van der Waals surface area contributed by atoms with Gasteiger partial charge >= 0.3 is 0 Å². The van der Waals surface area contributed by atoms with Crippen LogP contribution in [0.3, 0.4) is 0 Å². The largest absolute Gasteiger partial charge is 0.384 e. The standard InChI is InChI=1S/C12H17N3S/c13-10-7-11(16-9-3-1-2-4-9)15-12(14-10)8-5-6-8/h7-9H,1-6H2,(H2,13,14,15). The van der Waals surface area contributed by atoms with Crippen molar-refractivity contribution in [2.75, 3.05) is 5.73 Å². The highest BCUT2D eigenvalue weighted by atomic mass is 32.2. The highest BCUT2D eigenvalue weighted by Crippen LogP contribution is 2.40. The Kier molecular flexibility index (Phi) is 2.75. The van der Waals surface area contributed by atoms with Crippen LogP contribution in [0.15, 0.2) is 11.1 Å². The quantitative estimate of drug-likeness (QED) is 0.818. The lowest BCUT2D eigenvalue weighted by Crippen LogP contribution is -2.02. The van der Waals surface area contributed by atoms with E-state index in [1.165, 1.54) is 38.5 Å². The average Bonchev–Trinajstić information content (AvgIpc) is 2.98. The Labute approximate surface area is 100 Å². The molecule has 86 valence electrons. The Hall–Kier alpha value is -0.770. The van der Waals surface area contributed by atoms with E-state index in [2.05, 4.69) is 9.97 Å². The van der Waals surface area contributed by atoms with Gasteiger partial charge < -0.3 is 5.73 Å². The summed E-state index contributed by atoms with van der Waals surface area (Å²) in [5.74, 6) is 2.20. The maximum Gasteiger partial charge on any atom is 0.135 e. The Balaban J connectivity index is 1.76. The molecule has 0 atom stereocenters. The summed E-state index contributed by atoms with van der Waals surface area (Å²) in [5.41, 5.74) is 5.83. The van der Waals surface area contributed by atoms with Crippen molar-refractivity contribution >= 4 is 17.6 Å². The number of rotatable bonds is 3. The molecule has 0 bridgehead atoms. The molecule has 3 nitrogen and oxygen atoms in total. The third kappa shape index (κ3) is 2.32. The van der Waals surface area contributed by atoms with Crippen molar-refractivity contribution in [3.8, 4) is 0 Å². The van der Waals surface area contributed by atoms with Gasteiger partial charge in [0.15, 0.2) is 0 Å². The number of aromatic nitrogens is 2. The van der Waals surface area contributed by atoms with E-state index in [0.29, 0.717) is 11.7 Å². The predicted molar refractivity (Wildman–Crippen MR) is 66.5 cm³/mol.